The number of anilines is 2. The molecule has 4 rings (SSSR count). The second kappa shape index (κ2) is 11.7. The van der Waals surface area contributed by atoms with E-state index in [4.69, 9.17) is 15.7 Å². The molecule has 1 amide bonds. The molecule has 0 fully saturated rings. The number of hydroxylamine groups is 2. The first-order valence-electron chi connectivity index (χ1n) is 12.3. The van der Waals surface area contributed by atoms with Crippen LogP contribution in [0.2, 0.25) is 0 Å². The Morgan fingerprint density at radius 3 is 2.65 bits per heavy atom. The van der Waals surface area contributed by atoms with Crippen LogP contribution in [0.4, 0.5) is 24.7 Å². The largest absolute Gasteiger partial charge is 0.480 e. The number of nitrogens with two attached hydrogens (primary N) is 1. The van der Waals surface area contributed by atoms with Gasteiger partial charge in [-0.05, 0) is 37.1 Å². The molecule has 1 aromatic carbocycles. The van der Waals surface area contributed by atoms with E-state index in [1.54, 1.807) is 25.1 Å². The average Bonchev–Trinajstić information content (AvgIpc) is 3.53. The Morgan fingerprint density at radius 2 is 2.00 bits per heavy atom. The Kier molecular flexibility index (Phi) is 8.35. The van der Waals surface area contributed by atoms with Crippen molar-refractivity contribution in [3.63, 3.8) is 0 Å². The van der Waals surface area contributed by atoms with E-state index >= 15 is 0 Å². The number of carboxylic acids is 1. The zero-order valence-electron chi connectivity index (χ0n) is 21.6. The second-order valence-corrected chi connectivity index (χ2v) is 8.57. The number of hydrogen-bond donors (Lipinski definition) is 3. The molecule has 3 aromatic heterocycles. The van der Waals surface area contributed by atoms with E-state index in [2.05, 4.69) is 20.4 Å². The summed E-state index contributed by atoms with van der Waals surface area (Å²) in [6.45, 7) is 3.76. The van der Waals surface area contributed by atoms with Gasteiger partial charge in [-0.1, -0.05) is 6.92 Å². The highest BCUT2D eigenvalue weighted by Crippen LogP contribution is 2.37. The average molecular weight is 561 g/mol. The molecule has 15 heteroatoms. The number of nitrogens with one attached hydrogen (secondary N) is 1. The quantitative estimate of drug-likeness (QED) is 0.234. The lowest BCUT2D eigenvalue weighted by Crippen LogP contribution is -2.33. The smallest absolute Gasteiger partial charge is 0.435 e. The summed E-state index contributed by atoms with van der Waals surface area (Å²) in [5.74, 6) is -1.38. The first kappa shape index (κ1) is 28.5. The van der Waals surface area contributed by atoms with E-state index < -0.39 is 24.4 Å². The van der Waals surface area contributed by atoms with Crippen LogP contribution in [0.5, 0.6) is 0 Å². The number of rotatable bonds is 11. The van der Waals surface area contributed by atoms with E-state index in [0.717, 1.165) is 16.4 Å². The summed E-state index contributed by atoms with van der Waals surface area (Å²) >= 11 is 0. The molecule has 0 bridgehead atoms. The molecule has 4 N–H and O–H groups in total. The summed E-state index contributed by atoms with van der Waals surface area (Å²) in [4.78, 5) is 38.0. The molecule has 0 aliphatic carbocycles. The second-order valence-electron chi connectivity index (χ2n) is 8.57. The molecule has 40 heavy (non-hydrogen) atoms. The van der Waals surface area contributed by atoms with Crippen molar-refractivity contribution in [2.45, 2.75) is 33.0 Å². The van der Waals surface area contributed by atoms with Crippen molar-refractivity contribution >= 4 is 29.0 Å². The molecule has 0 radical (unpaired) electrons. The van der Waals surface area contributed by atoms with Crippen molar-refractivity contribution in [2.24, 2.45) is 5.73 Å². The molecule has 0 saturated carbocycles. The number of carboxylic acid groups (broad SMARTS) is 1. The van der Waals surface area contributed by atoms with Crippen molar-refractivity contribution in [1.29, 1.82) is 0 Å². The molecule has 212 valence electrons. The third-order valence-corrected chi connectivity index (χ3v) is 5.89. The van der Waals surface area contributed by atoms with Gasteiger partial charge in [-0.15, -0.1) is 0 Å². The number of alkyl halides is 3. The van der Waals surface area contributed by atoms with Crippen molar-refractivity contribution in [2.75, 3.05) is 25.0 Å². The number of benzene rings is 1. The summed E-state index contributed by atoms with van der Waals surface area (Å²) in [6, 6.07) is 5.11. The van der Waals surface area contributed by atoms with Crippen LogP contribution in [0.15, 0.2) is 43.0 Å². The zero-order valence-corrected chi connectivity index (χ0v) is 21.6. The summed E-state index contributed by atoms with van der Waals surface area (Å²) in [7, 11) is 0. The van der Waals surface area contributed by atoms with Gasteiger partial charge < -0.3 is 16.2 Å². The lowest BCUT2D eigenvalue weighted by atomic mass is 10.0. The molecule has 0 unspecified atom stereocenters. The number of amides is 1. The van der Waals surface area contributed by atoms with Crippen molar-refractivity contribution < 1.29 is 32.7 Å². The van der Waals surface area contributed by atoms with Crippen LogP contribution in [0, 0.1) is 0 Å². The topological polar surface area (TPSA) is 153 Å². The fraction of sp³-hybridized carbons (Fsp3) is 0.320. The van der Waals surface area contributed by atoms with Gasteiger partial charge in [-0.2, -0.15) is 18.3 Å². The third-order valence-electron chi connectivity index (χ3n) is 5.89. The van der Waals surface area contributed by atoms with Gasteiger partial charge in [0.1, 0.15) is 6.54 Å². The predicted molar refractivity (Wildman–Crippen MR) is 138 cm³/mol. The van der Waals surface area contributed by atoms with Gasteiger partial charge in [0.25, 0.3) is 5.91 Å². The minimum Gasteiger partial charge on any atom is -0.480 e. The van der Waals surface area contributed by atoms with Crippen molar-refractivity contribution in [3.8, 4) is 11.3 Å². The first-order chi connectivity index (χ1) is 19.1. The maximum Gasteiger partial charge on any atom is 0.435 e. The predicted octanol–water partition coefficient (Wildman–Crippen LogP) is 3.35. The van der Waals surface area contributed by atoms with Gasteiger partial charge in [0.05, 0.1) is 24.1 Å². The number of aromatic nitrogens is 5. The Morgan fingerprint density at radius 1 is 1.23 bits per heavy atom. The Hall–Kier alpha value is -4.50. The number of halogens is 3. The lowest BCUT2D eigenvalue weighted by molar-refractivity contribution is -0.142. The highest BCUT2D eigenvalue weighted by molar-refractivity contribution is 5.95. The van der Waals surface area contributed by atoms with Crippen LogP contribution in [0.3, 0.4) is 0 Å². The molecule has 4 aromatic rings. The van der Waals surface area contributed by atoms with Crippen molar-refractivity contribution in [3.05, 3.63) is 59.8 Å². The monoisotopic (exact) mass is 560 g/mol. The molecular formula is C25H27F3N8O4. The first-order valence-corrected chi connectivity index (χ1v) is 12.3. The number of hydrogen-bond acceptors (Lipinski definition) is 8. The molecule has 12 nitrogen and oxygen atoms in total. The normalized spacial score (nSPS) is 11.7. The molecule has 0 aliphatic rings. The van der Waals surface area contributed by atoms with Gasteiger partial charge in [0.2, 0.25) is 0 Å². The molecule has 3 heterocycles. The Balaban J connectivity index is 1.68. The van der Waals surface area contributed by atoms with Gasteiger partial charge in [-0.25, -0.2) is 15.0 Å². The minimum atomic E-state index is -4.82. The number of fused-ring (bicyclic) bond motifs is 1. The number of nitrogens with zero attached hydrogens (tertiary/aromatic N) is 6. The molecule has 0 spiro atoms. The summed E-state index contributed by atoms with van der Waals surface area (Å²) < 4.78 is 43.3. The number of carbonyl (C=O) groups is 2. The molecule has 0 aliphatic heterocycles. The number of aliphatic carboxylic acids is 1. The van der Waals surface area contributed by atoms with E-state index in [-0.39, 0.29) is 41.8 Å². The van der Waals surface area contributed by atoms with E-state index in [1.807, 2.05) is 6.92 Å². The van der Waals surface area contributed by atoms with E-state index in [1.165, 1.54) is 28.1 Å². The van der Waals surface area contributed by atoms with Gasteiger partial charge >= 0.3 is 12.1 Å². The van der Waals surface area contributed by atoms with Crippen LogP contribution >= 0.6 is 0 Å². The van der Waals surface area contributed by atoms with Crippen LogP contribution in [-0.2, 0) is 28.8 Å². The van der Waals surface area contributed by atoms with Crippen LogP contribution in [0.1, 0.15) is 35.5 Å². The van der Waals surface area contributed by atoms with Gasteiger partial charge in [-0.3, -0.25) is 23.5 Å². The fourth-order valence-corrected chi connectivity index (χ4v) is 4.14. The van der Waals surface area contributed by atoms with Crippen LogP contribution in [0.25, 0.3) is 16.9 Å². The maximum atomic E-state index is 13.7. The lowest BCUT2D eigenvalue weighted by Gasteiger charge is -2.21. The van der Waals surface area contributed by atoms with Crippen LogP contribution in [-0.4, -0.2) is 65.9 Å². The van der Waals surface area contributed by atoms with E-state index in [0.29, 0.717) is 24.2 Å². The molecular weight excluding hydrogens is 533 g/mol. The molecule has 0 saturated heterocycles. The van der Waals surface area contributed by atoms with Crippen LogP contribution < -0.4 is 11.1 Å². The maximum absolute atomic E-state index is 13.7. The highest BCUT2D eigenvalue weighted by atomic mass is 19.4. The van der Waals surface area contributed by atoms with E-state index in [9.17, 15) is 22.8 Å². The highest BCUT2D eigenvalue weighted by Gasteiger charge is 2.38. The summed E-state index contributed by atoms with van der Waals surface area (Å²) in [5, 5.41) is 16.8. The standard InChI is InChI=1S/C25H27F3N8O4/c1-3-15-11-16(5-6-17(15)24(39)36(4-2)40-10-7-29)32-22-23-31-12-19(35(23)9-8-30-22)18-13-34(14-20(37)38)33-21(18)25(26,27)28/h5-6,8-9,11-13H,3-4,7,10,14,29H2,1-2H3,(H,30,32)(H,37,38). The number of imidazole rings is 1. The van der Waals surface area contributed by atoms with Crippen molar-refractivity contribution in [1.82, 2.24) is 29.2 Å². The number of carbonyl (C=O) groups excluding carboxylic acids is 1. The summed E-state index contributed by atoms with van der Waals surface area (Å²) in [6.07, 6.45) is 0.805. The minimum absolute atomic E-state index is 0.0525. The molecule has 0 atom stereocenters. The zero-order chi connectivity index (χ0) is 29.0. The third kappa shape index (κ3) is 5.89. The van der Waals surface area contributed by atoms with Gasteiger partial charge in [0.15, 0.2) is 17.2 Å². The fourth-order valence-electron chi connectivity index (χ4n) is 4.14. The summed E-state index contributed by atoms with van der Waals surface area (Å²) in [5.41, 5.74) is 5.97. The SMILES string of the molecule is CCc1cc(Nc2nccn3c(-c4cn(CC(=O)O)nc4C(F)(F)F)cnc23)ccc1C(=O)N(CC)OCCN. The number of aryl methyl sites for hydroxylation is 1. The van der Waals surface area contributed by atoms with Gasteiger partial charge in [0, 0.05) is 42.9 Å². The Labute approximate surface area is 226 Å². The Bertz CT molecular complexity index is 1530.